The average molecular weight is 691 g/mol. The van der Waals surface area contributed by atoms with Crippen molar-refractivity contribution in [1.29, 1.82) is 10.5 Å². The number of unbranched alkanes of at least 4 members (excludes halogenated alkanes) is 2. The van der Waals surface area contributed by atoms with Crippen molar-refractivity contribution in [3.05, 3.63) is 131 Å². The summed E-state index contributed by atoms with van der Waals surface area (Å²) in [6, 6.07) is 43.5. The lowest BCUT2D eigenvalue weighted by Crippen LogP contribution is -3.00. The Morgan fingerprint density at radius 3 is 1.42 bits per heavy atom. The fourth-order valence-electron chi connectivity index (χ4n) is 7.85. The highest BCUT2D eigenvalue weighted by molar-refractivity contribution is 6.12. The molecule has 0 fully saturated rings. The number of benzene rings is 6. The molecule has 4 heteroatoms. The minimum absolute atomic E-state index is 0. The Labute approximate surface area is 295 Å². The lowest BCUT2D eigenvalue weighted by atomic mass is 9.82. The summed E-state index contributed by atoms with van der Waals surface area (Å²) < 4.78 is 0.980. The van der Waals surface area contributed by atoms with Crippen LogP contribution in [0.4, 0.5) is 0 Å². The van der Waals surface area contributed by atoms with Crippen LogP contribution in [0.25, 0.3) is 54.9 Å². The predicted molar refractivity (Wildman–Crippen MR) is 194 cm³/mol. The van der Waals surface area contributed by atoms with Gasteiger partial charge >= 0.3 is 0 Å². The Bertz CT molecular complexity index is 2060. The molecule has 0 radical (unpaired) electrons. The van der Waals surface area contributed by atoms with Gasteiger partial charge in [0.1, 0.15) is 13.1 Å². The van der Waals surface area contributed by atoms with Gasteiger partial charge in [0.25, 0.3) is 0 Å². The third-order valence-electron chi connectivity index (χ3n) is 10.1. The van der Waals surface area contributed by atoms with Crippen molar-refractivity contribution in [2.45, 2.75) is 52.6 Å². The number of rotatable bonds is 8. The molecule has 3 nitrogen and oxygen atoms in total. The number of fused-ring (bicyclic) bond motifs is 7. The fourth-order valence-corrected chi connectivity index (χ4v) is 7.85. The number of halogens is 1. The summed E-state index contributed by atoms with van der Waals surface area (Å²) in [7, 11) is 0. The molecule has 48 heavy (non-hydrogen) atoms. The van der Waals surface area contributed by atoms with Crippen molar-refractivity contribution >= 4 is 21.5 Å². The van der Waals surface area contributed by atoms with E-state index in [9.17, 15) is 10.5 Å². The van der Waals surface area contributed by atoms with Gasteiger partial charge in [-0.05, 0) is 93.0 Å². The molecule has 0 aliphatic carbocycles. The Kier molecular flexibility index (Phi) is 9.79. The minimum atomic E-state index is 0. The third-order valence-corrected chi connectivity index (χ3v) is 10.1. The molecule has 1 heterocycles. The molecule has 0 atom stereocenters. The zero-order chi connectivity index (χ0) is 32.4. The van der Waals surface area contributed by atoms with E-state index in [0.29, 0.717) is 11.1 Å². The molecule has 0 N–H and O–H groups in total. The summed E-state index contributed by atoms with van der Waals surface area (Å²) >= 11 is 0. The number of hydrogen-bond acceptors (Lipinski definition) is 2. The number of nitrogens with zero attached hydrogens (tertiary/aromatic N) is 3. The zero-order valence-corrected chi connectivity index (χ0v) is 29.4. The van der Waals surface area contributed by atoms with Crippen LogP contribution in [0, 0.1) is 22.7 Å². The molecular formula is C44H40BrN3. The van der Waals surface area contributed by atoms with Crippen LogP contribution in [0.3, 0.4) is 0 Å². The van der Waals surface area contributed by atoms with E-state index in [1.165, 1.54) is 54.9 Å². The predicted octanol–water partition coefficient (Wildman–Crippen LogP) is 8.17. The average Bonchev–Trinajstić information content (AvgIpc) is 3.28. The molecule has 7 rings (SSSR count). The smallest absolute Gasteiger partial charge is 0.106 e. The molecule has 0 spiro atoms. The largest absolute Gasteiger partial charge is 1.00 e. The van der Waals surface area contributed by atoms with E-state index >= 15 is 0 Å². The molecule has 6 aromatic rings. The lowest BCUT2D eigenvalue weighted by molar-refractivity contribution is -0.953. The lowest BCUT2D eigenvalue weighted by Gasteiger charge is -2.39. The molecule has 1 aliphatic rings. The summed E-state index contributed by atoms with van der Waals surface area (Å²) in [5, 5.41) is 24.7. The summed E-state index contributed by atoms with van der Waals surface area (Å²) in [5.74, 6) is 0. The number of nitriles is 2. The minimum Gasteiger partial charge on any atom is -1.00 e. The molecule has 0 saturated heterocycles. The molecular weight excluding hydrogens is 650 g/mol. The molecule has 238 valence electrons. The summed E-state index contributed by atoms with van der Waals surface area (Å²) in [6.07, 6.45) is 4.62. The van der Waals surface area contributed by atoms with E-state index in [-0.39, 0.29) is 17.0 Å². The molecule has 1 aliphatic heterocycles. The van der Waals surface area contributed by atoms with Gasteiger partial charge in [-0.3, -0.25) is 0 Å². The van der Waals surface area contributed by atoms with Gasteiger partial charge in [-0.1, -0.05) is 99.5 Å². The first kappa shape index (κ1) is 33.2. The Morgan fingerprint density at radius 1 is 0.562 bits per heavy atom. The normalized spacial score (nSPS) is 13.1. The quantitative estimate of drug-likeness (QED) is 0.151. The first-order valence-corrected chi connectivity index (χ1v) is 17.0. The number of quaternary nitrogens is 1. The first-order valence-electron chi connectivity index (χ1n) is 17.0. The van der Waals surface area contributed by atoms with Gasteiger partial charge in [-0.2, -0.15) is 10.5 Å². The van der Waals surface area contributed by atoms with Crippen LogP contribution in [0.1, 0.15) is 61.8 Å². The van der Waals surface area contributed by atoms with Gasteiger partial charge in [0.05, 0.1) is 36.4 Å². The van der Waals surface area contributed by atoms with Crippen LogP contribution in [0.5, 0.6) is 0 Å². The Hall–Kier alpha value is -4.74. The summed E-state index contributed by atoms with van der Waals surface area (Å²) in [6.45, 7) is 8.65. The van der Waals surface area contributed by atoms with Gasteiger partial charge in [0.15, 0.2) is 0 Å². The standard InChI is InChI=1S/C44H40N3.BrH/c1-3-5-21-47(22-6-4-2)29-41-39(33-17-11-13-31(23-33)27-45)25-35-15-7-9-19-37(35)43(41)44-38-20-10-8-16-36(38)26-40(42(44)30-47)34-18-12-14-32(24-34)28-46;/h7-20,23-26H,3-6,21-22,29-30H2,1-2H3;1H/q+1;/p-1. The third kappa shape index (κ3) is 6.04. The highest BCUT2D eigenvalue weighted by Gasteiger charge is 2.37. The maximum atomic E-state index is 9.89. The van der Waals surface area contributed by atoms with Gasteiger partial charge in [0.2, 0.25) is 0 Å². The van der Waals surface area contributed by atoms with Crippen molar-refractivity contribution in [3.8, 4) is 45.5 Å². The second-order valence-electron chi connectivity index (χ2n) is 13.2. The zero-order valence-electron chi connectivity index (χ0n) is 27.8. The summed E-state index contributed by atoms with van der Waals surface area (Å²) in [4.78, 5) is 0. The van der Waals surface area contributed by atoms with Crippen molar-refractivity contribution in [2.75, 3.05) is 13.1 Å². The van der Waals surface area contributed by atoms with Gasteiger partial charge in [0, 0.05) is 22.3 Å². The van der Waals surface area contributed by atoms with E-state index in [0.717, 1.165) is 67.5 Å². The van der Waals surface area contributed by atoms with Gasteiger partial charge in [-0.25, -0.2) is 0 Å². The van der Waals surface area contributed by atoms with Crippen LogP contribution in [-0.2, 0) is 13.1 Å². The molecule has 6 aromatic carbocycles. The Balaban J connectivity index is 0.00000401. The van der Waals surface area contributed by atoms with Gasteiger partial charge in [-0.15, -0.1) is 0 Å². The molecule has 0 aromatic heterocycles. The maximum Gasteiger partial charge on any atom is 0.106 e. The van der Waals surface area contributed by atoms with Gasteiger partial charge < -0.3 is 21.5 Å². The van der Waals surface area contributed by atoms with E-state index in [4.69, 9.17) is 0 Å². The van der Waals surface area contributed by atoms with E-state index in [1.54, 1.807) is 0 Å². The molecule has 0 bridgehead atoms. The second kappa shape index (κ2) is 14.2. The highest BCUT2D eigenvalue weighted by Crippen LogP contribution is 2.50. The maximum absolute atomic E-state index is 9.89. The molecule has 0 unspecified atom stereocenters. The van der Waals surface area contributed by atoms with E-state index in [2.05, 4.69) is 111 Å². The molecule has 0 saturated carbocycles. The van der Waals surface area contributed by atoms with Crippen LogP contribution in [-0.4, -0.2) is 17.6 Å². The van der Waals surface area contributed by atoms with Crippen molar-refractivity contribution in [1.82, 2.24) is 0 Å². The van der Waals surface area contributed by atoms with Crippen molar-refractivity contribution in [2.24, 2.45) is 0 Å². The van der Waals surface area contributed by atoms with E-state index < -0.39 is 0 Å². The van der Waals surface area contributed by atoms with Crippen molar-refractivity contribution in [3.63, 3.8) is 0 Å². The number of hydrogen-bond donors (Lipinski definition) is 0. The first-order chi connectivity index (χ1) is 23.1. The van der Waals surface area contributed by atoms with Crippen molar-refractivity contribution < 1.29 is 21.5 Å². The monoisotopic (exact) mass is 689 g/mol. The topological polar surface area (TPSA) is 47.6 Å². The second-order valence-corrected chi connectivity index (χ2v) is 13.2. The highest BCUT2D eigenvalue weighted by atomic mass is 79.9. The van der Waals surface area contributed by atoms with Crippen LogP contribution in [0.2, 0.25) is 0 Å². The van der Waals surface area contributed by atoms with Crippen LogP contribution in [0.15, 0.2) is 109 Å². The van der Waals surface area contributed by atoms with E-state index in [1.807, 2.05) is 24.3 Å². The molecule has 0 amide bonds. The Morgan fingerprint density at radius 2 is 1.00 bits per heavy atom. The SMILES string of the molecule is CCCC[N+]1(CCCC)Cc2c(-c3cccc(C#N)c3)cc3ccccc3c2-c2c(c(-c3cccc(C#N)c3)cc3ccccc23)C1.[Br-]. The van der Waals surface area contributed by atoms with Crippen LogP contribution >= 0.6 is 0 Å². The summed E-state index contributed by atoms with van der Waals surface area (Å²) in [5.41, 5.74) is 11.4. The van der Waals surface area contributed by atoms with Crippen LogP contribution < -0.4 is 17.0 Å². The fraction of sp³-hybridized carbons (Fsp3) is 0.227.